The molecule has 44 heavy (non-hydrogen) atoms. The average molecular weight is 632 g/mol. The Kier molecular flexibility index (Phi) is 10.3. The number of thiophene rings is 1. The van der Waals surface area contributed by atoms with Gasteiger partial charge in [-0.15, -0.1) is 11.3 Å². The minimum Gasteiger partial charge on any atom is -0.493 e. The second-order valence-electron chi connectivity index (χ2n) is 10.6. The number of halogens is 1. The molecule has 0 aliphatic carbocycles. The Morgan fingerprint density at radius 2 is 1.55 bits per heavy atom. The van der Waals surface area contributed by atoms with Crippen molar-refractivity contribution in [2.24, 2.45) is 11.8 Å². The van der Waals surface area contributed by atoms with Crippen molar-refractivity contribution >= 4 is 45.1 Å². The average Bonchev–Trinajstić information content (AvgIpc) is 3.61. The van der Waals surface area contributed by atoms with Crippen molar-refractivity contribution in [1.82, 2.24) is 4.90 Å². The summed E-state index contributed by atoms with van der Waals surface area (Å²) < 4.78 is 38.8. The lowest BCUT2D eigenvalue weighted by molar-refractivity contribution is -0.145. The van der Waals surface area contributed by atoms with Crippen LogP contribution in [-0.4, -0.2) is 66.2 Å². The molecule has 2 aromatic carbocycles. The predicted molar refractivity (Wildman–Crippen MR) is 158 cm³/mol. The summed E-state index contributed by atoms with van der Waals surface area (Å²) in [5.41, 5.74) is 0.876. The number of hydrogen-bond donors (Lipinski definition) is 2. The summed E-state index contributed by atoms with van der Waals surface area (Å²) in [7, 11) is 2.89. The van der Waals surface area contributed by atoms with Crippen molar-refractivity contribution in [3.63, 3.8) is 0 Å². The first-order valence-electron chi connectivity index (χ1n) is 13.9. The molecular weight excluding hydrogens is 597 g/mol. The number of fused-ring (bicyclic) bond motifs is 2. The zero-order valence-corrected chi connectivity index (χ0v) is 25.6. The summed E-state index contributed by atoms with van der Waals surface area (Å²) in [6.45, 7) is 3.39. The molecule has 2 heterocycles. The first-order valence-corrected chi connectivity index (χ1v) is 14.8. The Morgan fingerprint density at radius 1 is 0.886 bits per heavy atom. The third kappa shape index (κ3) is 7.21. The van der Waals surface area contributed by atoms with E-state index < -0.39 is 29.6 Å². The van der Waals surface area contributed by atoms with Crippen molar-refractivity contribution in [1.29, 1.82) is 0 Å². The van der Waals surface area contributed by atoms with Crippen molar-refractivity contribution in [2.45, 2.75) is 46.2 Å². The zero-order chi connectivity index (χ0) is 32.1. The SMILES string of the molecule is COc1cc2sc(C(=O)CC(C)C(=O)O)cc2cc1OCCCOc1c(OC)cc2c(c1F)CN(C(=O)CC(C)C(=O)O)C2. The van der Waals surface area contributed by atoms with Gasteiger partial charge in [0.1, 0.15) is 0 Å². The number of amides is 1. The summed E-state index contributed by atoms with van der Waals surface area (Å²) in [6.07, 6.45) is 0.0978. The van der Waals surface area contributed by atoms with Crippen LogP contribution in [0.1, 0.15) is 53.9 Å². The van der Waals surface area contributed by atoms with Gasteiger partial charge in [-0.25, -0.2) is 4.39 Å². The molecule has 1 aliphatic heterocycles. The number of ether oxygens (including phenoxy) is 4. The largest absolute Gasteiger partial charge is 0.493 e. The number of aliphatic carboxylic acids is 2. The Morgan fingerprint density at radius 3 is 2.20 bits per heavy atom. The third-order valence-electron chi connectivity index (χ3n) is 7.35. The van der Waals surface area contributed by atoms with E-state index in [-0.39, 0.29) is 62.3 Å². The van der Waals surface area contributed by atoms with Gasteiger partial charge in [0.05, 0.1) is 44.1 Å². The molecule has 1 aliphatic rings. The quantitative estimate of drug-likeness (QED) is 0.170. The molecule has 4 rings (SSSR count). The number of carbonyl (C=O) groups is 4. The zero-order valence-electron chi connectivity index (χ0n) is 24.8. The molecule has 0 saturated carbocycles. The molecular formula is C31H34FNO10S. The number of carboxylic acid groups (broad SMARTS) is 2. The van der Waals surface area contributed by atoms with E-state index in [0.29, 0.717) is 33.9 Å². The molecule has 2 N–H and O–H groups in total. The van der Waals surface area contributed by atoms with E-state index in [1.807, 2.05) is 0 Å². The number of Topliss-reactive ketones (excluding diaryl/α,β-unsaturated/α-hetero) is 1. The Labute approximate surface area is 257 Å². The minimum absolute atomic E-state index is 0.00650. The van der Waals surface area contributed by atoms with E-state index in [1.54, 1.807) is 24.3 Å². The lowest BCUT2D eigenvalue weighted by Gasteiger charge is -2.16. The number of carboxylic acids is 2. The van der Waals surface area contributed by atoms with E-state index in [9.17, 15) is 19.2 Å². The van der Waals surface area contributed by atoms with Crippen LogP contribution in [0, 0.1) is 17.7 Å². The van der Waals surface area contributed by atoms with Gasteiger partial charge in [-0.3, -0.25) is 19.2 Å². The highest BCUT2D eigenvalue weighted by Crippen LogP contribution is 2.40. The van der Waals surface area contributed by atoms with Crippen LogP contribution in [0.2, 0.25) is 0 Å². The number of hydrogen-bond acceptors (Lipinski definition) is 9. The number of carbonyl (C=O) groups excluding carboxylic acids is 2. The van der Waals surface area contributed by atoms with Crippen molar-refractivity contribution in [2.75, 3.05) is 27.4 Å². The van der Waals surface area contributed by atoms with E-state index in [4.69, 9.17) is 29.2 Å². The fraction of sp³-hybridized carbons (Fsp3) is 0.419. The first-order chi connectivity index (χ1) is 20.9. The van der Waals surface area contributed by atoms with Crippen LogP contribution < -0.4 is 18.9 Å². The molecule has 11 nitrogen and oxygen atoms in total. The Bertz CT molecular complexity index is 1590. The highest BCUT2D eigenvalue weighted by Gasteiger charge is 2.31. The van der Waals surface area contributed by atoms with Gasteiger partial charge >= 0.3 is 11.9 Å². The molecule has 1 aromatic heterocycles. The van der Waals surface area contributed by atoms with Crippen molar-refractivity contribution in [3.8, 4) is 23.0 Å². The molecule has 13 heteroatoms. The topological polar surface area (TPSA) is 149 Å². The van der Waals surface area contributed by atoms with Gasteiger partial charge in [0.2, 0.25) is 5.91 Å². The van der Waals surface area contributed by atoms with Gasteiger partial charge in [0.15, 0.2) is 34.6 Å². The number of benzene rings is 2. The van der Waals surface area contributed by atoms with Crippen LogP contribution in [-0.2, 0) is 27.5 Å². The lowest BCUT2D eigenvalue weighted by atomic mass is 10.0. The van der Waals surface area contributed by atoms with Gasteiger partial charge in [0.25, 0.3) is 0 Å². The van der Waals surface area contributed by atoms with Gasteiger partial charge in [-0.05, 0) is 29.1 Å². The molecule has 1 amide bonds. The van der Waals surface area contributed by atoms with Crippen LogP contribution in [0.3, 0.4) is 0 Å². The molecule has 0 saturated heterocycles. The summed E-state index contributed by atoms with van der Waals surface area (Å²) in [6, 6.07) is 6.83. The van der Waals surface area contributed by atoms with Gasteiger partial charge in [0, 0.05) is 48.7 Å². The van der Waals surface area contributed by atoms with Crippen molar-refractivity contribution in [3.05, 3.63) is 46.1 Å². The summed E-state index contributed by atoms with van der Waals surface area (Å²) >= 11 is 1.25. The molecule has 3 aromatic rings. The Balaban J connectivity index is 1.37. The number of nitrogens with zero attached hydrogens (tertiary/aromatic N) is 1. The van der Waals surface area contributed by atoms with Crippen LogP contribution in [0.15, 0.2) is 24.3 Å². The van der Waals surface area contributed by atoms with E-state index >= 15 is 4.39 Å². The molecule has 2 atom stereocenters. The number of ketones is 1. The van der Waals surface area contributed by atoms with E-state index in [1.165, 1.54) is 44.3 Å². The maximum absolute atomic E-state index is 15.5. The van der Waals surface area contributed by atoms with Gasteiger partial charge < -0.3 is 34.1 Å². The Hall–Kier alpha value is -4.39. The smallest absolute Gasteiger partial charge is 0.306 e. The third-order valence-corrected chi connectivity index (χ3v) is 8.49. The molecule has 0 radical (unpaired) electrons. The normalized spacial score (nSPS) is 13.7. The second kappa shape index (κ2) is 13.9. The van der Waals surface area contributed by atoms with Crippen molar-refractivity contribution < 1.29 is 52.7 Å². The highest BCUT2D eigenvalue weighted by molar-refractivity contribution is 7.20. The summed E-state index contributed by atoms with van der Waals surface area (Å²) in [4.78, 5) is 49.3. The lowest BCUT2D eigenvalue weighted by Crippen LogP contribution is -2.28. The van der Waals surface area contributed by atoms with Crippen LogP contribution in [0.25, 0.3) is 10.1 Å². The van der Waals surface area contributed by atoms with E-state index in [2.05, 4.69) is 0 Å². The standard InChI is InChI=1S/C31H34FNO10S/c1-16(30(36)37)8-21(34)26-12-18-10-23(22(40-3)13-25(18)44-26)42-6-5-7-43-29-24(41-4)11-19-14-33(15-20(19)28(29)32)27(35)9-17(2)31(38)39/h10-13,16-17H,5-9,14-15H2,1-4H3,(H,36,37)(H,38,39). The molecule has 236 valence electrons. The monoisotopic (exact) mass is 631 g/mol. The maximum Gasteiger partial charge on any atom is 0.306 e. The minimum atomic E-state index is -1.07. The second-order valence-corrected chi connectivity index (χ2v) is 11.7. The summed E-state index contributed by atoms with van der Waals surface area (Å²) in [5, 5.41) is 19.0. The number of methoxy groups -OCH3 is 2. The highest BCUT2D eigenvalue weighted by atomic mass is 32.1. The molecule has 0 spiro atoms. The summed E-state index contributed by atoms with van der Waals surface area (Å²) in [5.74, 6) is -3.98. The molecule has 0 fully saturated rings. The fourth-order valence-electron chi connectivity index (χ4n) is 4.74. The van der Waals surface area contributed by atoms with Crippen LogP contribution in [0.5, 0.6) is 23.0 Å². The van der Waals surface area contributed by atoms with E-state index in [0.717, 1.165) is 10.1 Å². The predicted octanol–water partition coefficient (Wildman–Crippen LogP) is 5.15. The first kappa shape index (κ1) is 32.5. The number of rotatable bonds is 15. The van der Waals surface area contributed by atoms with Crippen LogP contribution >= 0.6 is 11.3 Å². The maximum atomic E-state index is 15.5. The van der Waals surface area contributed by atoms with Crippen LogP contribution in [0.4, 0.5) is 4.39 Å². The fourth-order valence-corrected chi connectivity index (χ4v) is 5.76. The molecule has 0 bridgehead atoms. The van der Waals surface area contributed by atoms with Gasteiger partial charge in [-0.1, -0.05) is 13.8 Å². The van der Waals surface area contributed by atoms with Gasteiger partial charge in [-0.2, -0.15) is 0 Å². The molecule has 2 unspecified atom stereocenters.